The first-order chi connectivity index (χ1) is 11.7. The summed E-state index contributed by atoms with van der Waals surface area (Å²) in [4.78, 5) is 19.9. The number of ether oxygens (including phenoxy) is 1. The molecule has 3 heterocycles. The number of fused-ring (bicyclic) bond motifs is 1. The van der Waals surface area contributed by atoms with Gasteiger partial charge in [0.25, 0.3) is 0 Å². The molecule has 0 amide bonds. The van der Waals surface area contributed by atoms with Crippen LogP contribution in [-0.4, -0.2) is 53.4 Å². The Kier molecular flexibility index (Phi) is 3.91. The van der Waals surface area contributed by atoms with Gasteiger partial charge in [0.05, 0.1) is 12.4 Å². The van der Waals surface area contributed by atoms with Gasteiger partial charge in [-0.05, 0) is 13.8 Å². The molecule has 0 aromatic carbocycles. The third-order valence-electron chi connectivity index (χ3n) is 4.09. The molecule has 10 nitrogen and oxygen atoms in total. The van der Waals surface area contributed by atoms with Gasteiger partial charge in [-0.15, -0.1) is 5.92 Å². The van der Waals surface area contributed by atoms with Crippen molar-refractivity contribution in [2.24, 2.45) is 0 Å². The zero-order valence-corrected chi connectivity index (χ0v) is 13.4. The Morgan fingerprint density at radius 2 is 2.24 bits per heavy atom. The van der Waals surface area contributed by atoms with E-state index in [-0.39, 0.29) is 17.1 Å². The van der Waals surface area contributed by atoms with E-state index in [1.807, 2.05) is 0 Å². The molecule has 5 atom stereocenters. The Morgan fingerprint density at radius 3 is 2.84 bits per heavy atom. The molecule has 0 bridgehead atoms. The average Bonchev–Trinajstić information content (AvgIpc) is 3.06. The molecule has 1 fully saturated rings. The lowest BCUT2D eigenvalue weighted by Gasteiger charge is -2.24. The van der Waals surface area contributed by atoms with Crippen molar-refractivity contribution in [1.82, 2.24) is 19.2 Å². The van der Waals surface area contributed by atoms with Gasteiger partial charge < -0.3 is 26.5 Å². The standard InChI is InChI=1S/C14H17FN6O4/c1-3-4-14(15)9(23)8(6(2)22)25-12(14)20-5-18-7-10(20)19-13(16)21(17)11(7)24/h5-6,8-9,12,22-23H,17H2,1-2H3,(H2,16,19)/t6-,8+,9?,12+,14+/m0/s1. The van der Waals surface area contributed by atoms with Gasteiger partial charge in [0, 0.05) is 0 Å². The lowest BCUT2D eigenvalue weighted by molar-refractivity contribution is -0.0776. The van der Waals surface area contributed by atoms with E-state index < -0.39 is 35.8 Å². The second-order valence-corrected chi connectivity index (χ2v) is 5.75. The Labute approximate surface area is 140 Å². The SMILES string of the molecule is CC#C[C@@]1(F)C(O)[C@@H]([C@H](C)O)O[C@H]1n1cnc2c(=O)n(N)c(N)nc21. The summed E-state index contributed by atoms with van der Waals surface area (Å²) >= 11 is 0. The van der Waals surface area contributed by atoms with E-state index in [4.69, 9.17) is 16.3 Å². The molecule has 0 radical (unpaired) electrons. The van der Waals surface area contributed by atoms with Crippen molar-refractivity contribution in [2.75, 3.05) is 11.6 Å². The third-order valence-corrected chi connectivity index (χ3v) is 4.09. The topological polar surface area (TPSA) is 154 Å². The number of aliphatic hydroxyl groups is 2. The predicted octanol–water partition coefficient (Wildman–Crippen LogP) is -1.74. The van der Waals surface area contributed by atoms with Crippen LogP contribution in [0.1, 0.15) is 20.1 Å². The Balaban J connectivity index is 2.22. The second-order valence-electron chi connectivity index (χ2n) is 5.75. The van der Waals surface area contributed by atoms with Crippen LogP contribution in [0.5, 0.6) is 0 Å². The Morgan fingerprint density at radius 1 is 1.56 bits per heavy atom. The number of nitrogen functional groups attached to an aromatic ring is 2. The number of aromatic nitrogens is 4. The smallest absolute Gasteiger partial charge is 0.301 e. The summed E-state index contributed by atoms with van der Waals surface area (Å²) < 4.78 is 22.7. The van der Waals surface area contributed by atoms with Crippen molar-refractivity contribution in [2.45, 2.75) is 44.1 Å². The minimum absolute atomic E-state index is 0.0763. The van der Waals surface area contributed by atoms with Crippen LogP contribution >= 0.6 is 0 Å². The van der Waals surface area contributed by atoms with Gasteiger partial charge in [0.1, 0.15) is 12.2 Å². The van der Waals surface area contributed by atoms with Crippen LogP contribution in [-0.2, 0) is 4.74 Å². The number of rotatable bonds is 2. The fourth-order valence-corrected chi connectivity index (χ4v) is 2.85. The number of hydrogen-bond acceptors (Lipinski definition) is 8. The number of anilines is 1. The highest BCUT2D eigenvalue weighted by Gasteiger charge is 2.59. The van der Waals surface area contributed by atoms with Crippen molar-refractivity contribution in [3.8, 4) is 11.8 Å². The number of alkyl halides is 1. The van der Waals surface area contributed by atoms with E-state index in [2.05, 4.69) is 21.8 Å². The van der Waals surface area contributed by atoms with Crippen molar-refractivity contribution in [1.29, 1.82) is 0 Å². The molecular formula is C14H17FN6O4. The zero-order valence-electron chi connectivity index (χ0n) is 13.4. The molecule has 2 aromatic rings. The van der Waals surface area contributed by atoms with Crippen LogP contribution in [0.25, 0.3) is 11.2 Å². The summed E-state index contributed by atoms with van der Waals surface area (Å²) in [6.45, 7) is 2.75. The first-order valence-corrected chi connectivity index (χ1v) is 7.37. The van der Waals surface area contributed by atoms with Crippen molar-refractivity contribution in [3.05, 3.63) is 16.7 Å². The van der Waals surface area contributed by atoms with Gasteiger partial charge in [-0.1, -0.05) is 5.92 Å². The molecule has 2 aromatic heterocycles. The predicted molar refractivity (Wildman–Crippen MR) is 85.2 cm³/mol. The van der Waals surface area contributed by atoms with E-state index in [0.29, 0.717) is 4.68 Å². The van der Waals surface area contributed by atoms with Crippen LogP contribution < -0.4 is 17.1 Å². The largest absolute Gasteiger partial charge is 0.391 e. The minimum Gasteiger partial charge on any atom is -0.391 e. The lowest BCUT2D eigenvalue weighted by atomic mass is 9.94. The summed E-state index contributed by atoms with van der Waals surface area (Å²) in [6.07, 6.45) is -4.51. The van der Waals surface area contributed by atoms with Gasteiger partial charge in [0.2, 0.25) is 11.6 Å². The highest BCUT2D eigenvalue weighted by Crippen LogP contribution is 2.43. The first-order valence-electron chi connectivity index (χ1n) is 7.37. The van der Waals surface area contributed by atoms with Crippen molar-refractivity contribution >= 4 is 17.1 Å². The molecule has 11 heteroatoms. The molecule has 6 N–H and O–H groups in total. The highest BCUT2D eigenvalue weighted by molar-refractivity contribution is 5.71. The maximum atomic E-state index is 15.5. The molecule has 0 saturated carbocycles. The minimum atomic E-state index is -2.56. The Bertz CT molecular complexity index is 944. The number of nitrogens with two attached hydrogens (primary N) is 2. The molecule has 1 aliphatic rings. The first kappa shape index (κ1) is 17.2. The van der Waals surface area contributed by atoms with Gasteiger partial charge in [-0.2, -0.15) is 9.66 Å². The van der Waals surface area contributed by atoms with E-state index in [1.54, 1.807) is 0 Å². The van der Waals surface area contributed by atoms with Gasteiger partial charge in [-0.3, -0.25) is 9.36 Å². The zero-order chi connectivity index (χ0) is 18.5. The fraction of sp³-hybridized carbons (Fsp3) is 0.500. The highest BCUT2D eigenvalue weighted by atomic mass is 19.1. The van der Waals surface area contributed by atoms with Crippen LogP contribution in [0, 0.1) is 11.8 Å². The summed E-state index contributed by atoms with van der Waals surface area (Å²) in [7, 11) is 0. The van der Waals surface area contributed by atoms with Crippen LogP contribution in [0.3, 0.4) is 0 Å². The Hall–Kier alpha value is -2.68. The summed E-state index contributed by atoms with van der Waals surface area (Å²) in [5, 5.41) is 20.0. The van der Waals surface area contributed by atoms with E-state index in [0.717, 1.165) is 10.9 Å². The summed E-state index contributed by atoms with van der Waals surface area (Å²) in [5.41, 5.74) is 2.07. The number of aliphatic hydroxyl groups excluding tert-OH is 2. The van der Waals surface area contributed by atoms with Crippen LogP contribution in [0.4, 0.5) is 10.3 Å². The molecule has 3 rings (SSSR count). The number of hydrogen-bond donors (Lipinski definition) is 4. The number of imidazole rings is 1. The monoisotopic (exact) mass is 352 g/mol. The van der Waals surface area contributed by atoms with Crippen molar-refractivity contribution in [3.63, 3.8) is 0 Å². The molecule has 0 aliphatic carbocycles. The molecular weight excluding hydrogens is 335 g/mol. The summed E-state index contributed by atoms with van der Waals surface area (Å²) in [5.74, 6) is 9.83. The normalized spacial score (nSPS) is 30.2. The second kappa shape index (κ2) is 5.69. The van der Waals surface area contributed by atoms with Gasteiger partial charge in [-0.25, -0.2) is 9.37 Å². The average molecular weight is 352 g/mol. The van der Waals surface area contributed by atoms with E-state index in [1.165, 1.54) is 13.8 Å². The van der Waals surface area contributed by atoms with Crippen LogP contribution in [0.2, 0.25) is 0 Å². The maximum Gasteiger partial charge on any atom is 0.301 e. The van der Waals surface area contributed by atoms with Gasteiger partial charge >= 0.3 is 5.56 Å². The molecule has 1 aliphatic heterocycles. The van der Waals surface area contributed by atoms with E-state index in [9.17, 15) is 15.0 Å². The van der Waals surface area contributed by atoms with Crippen LogP contribution in [0.15, 0.2) is 11.1 Å². The summed E-state index contributed by atoms with van der Waals surface area (Å²) in [6, 6.07) is 0. The number of halogens is 1. The van der Waals surface area contributed by atoms with Crippen molar-refractivity contribution < 1.29 is 19.3 Å². The molecule has 25 heavy (non-hydrogen) atoms. The van der Waals surface area contributed by atoms with Gasteiger partial charge in [0.15, 0.2) is 17.4 Å². The third kappa shape index (κ3) is 2.34. The molecule has 134 valence electrons. The quantitative estimate of drug-likeness (QED) is 0.367. The van der Waals surface area contributed by atoms with E-state index >= 15 is 4.39 Å². The molecule has 1 saturated heterocycles. The fourth-order valence-electron chi connectivity index (χ4n) is 2.85. The molecule has 1 unspecified atom stereocenters. The maximum absolute atomic E-state index is 15.5. The molecule has 0 spiro atoms. The lowest BCUT2D eigenvalue weighted by Crippen LogP contribution is -2.44. The number of nitrogens with zero attached hydrogens (tertiary/aromatic N) is 4.